The molecule has 0 spiro atoms. The van der Waals surface area contributed by atoms with Crippen molar-refractivity contribution in [3.05, 3.63) is 70.0 Å². The van der Waals surface area contributed by atoms with E-state index in [1.54, 1.807) is 23.6 Å². The number of benzene rings is 2. The maximum atomic E-state index is 14.0. The van der Waals surface area contributed by atoms with Crippen LogP contribution in [-0.4, -0.2) is 78.6 Å². The van der Waals surface area contributed by atoms with Gasteiger partial charge in [-0.25, -0.2) is 14.0 Å². The first-order valence-corrected chi connectivity index (χ1v) is 15.8. The Morgan fingerprint density at radius 1 is 0.917 bits per heavy atom. The number of likely N-dealkylation sites (tertiary alicyclic amines) is 1. The topological polar surface area (TPSA) is 82.2 Å². The van der Waals surface area contributed by atoms with Crippen molar-refractivity contribution >= 4 is 18.0 Å². The maximum Gasteiger partial charge on any atom is 0.416 e. The summed E-state index contributed by atoms with van der Waals surface area (Å²) in [6, 6.07) is 3.80. The summed E-state index contributed by atoms with van der Waals surface area (Å²) in [5.41, 5.74) is -2.02. The summed E-state index contributed by atoms with van der Waals surface area (Å²) in [5, 5.41) is 2.63. The van der Waals surface area contributed by atoms with Gasteiger partial charge < -0.3 is 24.8 Å². The van der Waals surface area contributed by atoms with Gasteiger partial charge >= 0.3 is 30.4 Å². The predicted molar refractivity (Wildman–Crippen MR) is 161 cm³/mol. The number of hydrogen-bond acceptors (Lipinski definition) is 4. The molecule has 0 bridgehead atoms. The lowest BCUT2D eigenvalue weighted by Crippen LogP contribution is -2.58. The van der Waals surface area contributed by atoms with E-state index < -0.39 is 47.3 Å². The zero-order valence-corrected chi connectivity index (χ0v) is 26.9. The summed E-state index contributed by atoms with van der Waals surface area (Å²) >= 11 is 0. The Kier molecular flexibility index (Phi) is 11.5. The van der Waals surface area contributed by atoms with Gasteiger partial charge in [0.25, 0.3) is 0 Å². The monoisotopic (exact) mass is 688 g/mol. The molecule has 2 aliphatic rings. The van der Waals surface area contributed by atoms with Crippen LogP contribution in [-0.2, 0) is 21.9 Å². The van der Waals surface area contributed by atoms with Crippen LogP contribution in [0.4, 0.5) is 40.3 Å². The molecule has 0 aromatic heterocycles. The van der Waals surface area contributed by atoms with E-state index in [-0.39, 0.29) is 62.1 Å². The number of urea groups is 2. The molecule has 4 amide bonds. The predicted octanol–water partition coefficient (Wildman–Crippen LogP) is 7.13. The Hall–Kier alpha value is -4.04. The summed E-state index contributed by atoms with van der Waals surface area (Å²) in [6.45, 7) is 6.00. The number of nitrogens with zero attached hydrogens (tertiary/aromatic N) is 3. The molecule has 1 N–H and O–H groups in total. The SMILES string of the molecule is CCOC(=O)CC1CCN(C(=O)N2CCN(C(=O)NC[C@H](C)c3cc(C(F)(F)F)cc(C(F)(F)F)c3)C(c3ccc(F)cc3C)C2)CC1. The molecule has 264 valence electrons. The lowest BCUT2D eigenvalue weighted by Gasteiger charge is -2.44. The van der Waals surface area contributed by atoms with Gasteiger partial charge in [0, 0.05) is 45.7 Å². The van der Waals surface area contributed by atoms with E-state index in [0.717, 1.165) is 0 Å². The number of piperazine rings is 1. The van der Waals surface area contributed by atoms with Gasteiger partial charge in [-0.05, 0) is 85.5 Å². The molecule has 1 unspecified atom stereocenters. The molecule has 48 heavy (non-hydrogen) atoms. The van der Waals surface area contributed by atoms with Crippen molar-refractivity contribution in [2.45, 2.75) is 64.3 Å². The van der Waals surface area contributed by atoms with Crippen LogP contribution in [0.15, 0.2) is 36.4 Å². The first kappa shape index (κ1) is 36.8. The van der Waals surface area contributed by atoms with Gasteiger partial charge in [-0.15, -0.1) is 0 Å². The van der Waals surface area contributed by atoms with Crippen molar-refractivity contribution in [2.24, 2.45) is 5.92 Å². The van der Waals surface area contributed by atoms with Crippen molar-refractivity contribution < 1.29 is 49.9 Å². The second-order valence-corrected chi connectivity index (χ2v) is 12.3. The number of halogens is 7. The number of hydrogen-bond donors (Lipinski definition) is 1. The van der Waals surface area contributed by atoms with Gasteiger partial charge in [-0.3, -0.25) is 4.79 Å². The van der Waals surface area contributed by atoms with Crippen molar-refractivity contribution in [1.29, 1.82) is 0 Å². The van der Waals surface area contributed by atoms with Crippen LogP contribution in [0.3, 0.4) is 0 Å². The summed E-state index contributed by atoms with van der Waals surface area (Å²) in [6.07, 6.45) is -8.47. The summed E-state index contributed by atoms with van der Waals surface area (Å²) in [4.78, 5) is 43.7. The Bertz CT molecular complexity index is 1440. The lowest BCUT2D eigenvalue weighted by atomic mass is 9.93. The van der Waals surface area contributed by atoms with Crippen LogP contribution in [0.5, 0.6) is 0 Å². The van der Waals surface area contributed by atoms with E-state index in [1.807, 2.05) is 0 Å². The fourth-order valence-electron chi connectivity index (χ4n) is 6.19. The van der Waals surface area contributed by atoms with Crippen molar-refractivity contribution in [3.63, 3.8) is 0 Å². The number of ether oxygens (including phenoxy) is 1. The van der Waals surface area contributed by atoms with E-state index >= 15 is 0 Å². The molecule has 0 saturated carbocycles. The molecular weight excluding hydrogens is 649 g/mol. The summed E-state index contributed by atoms with van der Waals surface area (Å²) in [7, 11) is 0. The maximum absolute atomic E-state index is 14.0. The second kappa shape index (κ2) is 15.0. The number of nitrogens with one attached hydrogen (secondary N) is 1. The Labute approximate surface area is 274 Å². The van der Waals surface area contributed by atoms with Gasteiger partial charge in [0.2, 0.25) is 0 Å². The standard InChI is InChI=1S/C33H39F7N4O4/c1-4-48-29(45)14-22-7-9-42(10-8-22)31(47)43-11-12-44(28(19-43)27-6-5-26(34)13-20(27)2)30(46)41-18-21(3)23-15-24(32(35,36)37)17-25(16-23)33(38,39)40/h5-6,13,15-17,21-22,28H,4,7-12,14,18-19H2,1-3H3,(H,41,46)/t21-,28?/m0/s1. The second-order valence-electron chi connectivity index (χ2n) is 12.3. The molecule has 2 heterocycles. The quantitative estimate of drug-likeness (QED) is 0.248. The number of alkyl halides is 6. The third-order valence-corrected chi connectivity index (χ3v) is 8.89. The summed E-state index contributed by atoms with van der Waals surface area (Å²) < 4.78 is 99.4. The first-order chi connectivity index (χ1) is 22.5. The molecule has 2 saturated heterocycles. The highest BCUT2D eigenvalue weighted by Gasteiger charge is 2.39. The Morgan fingerprint density at radius 3 is 2.10 bits per heavy atom. The average molecular weight is 689 g/mol. The third kappa shape index (κ3) is 9.10. The molecule has 2 atom stereocenters. The zero-order valence-electron chi connectivity index (χ0n) is 26.9. The molecule has 15 heteroatoms. The van der Waals surface area contributed by atoms with Crippen LogP contribution in [0, 0.1) is 18.7 Å². The smallest absolute Gasteiger partial charge is 0.416 e. The molecule has 2 aliphatic heterocycles. The van der Waals surface area contributed by atoms with Crippen LogP contribution in [0.2, 0.25) is 0 Å². The molecule has 2 fully saturated rings. The Morgan fingerprint density at radius 2 is 1.54 bits per heavy atom. The van der Waals surface area contributed by atoms with E-state index in [1.165, 1.54) is 30.0 Å². The highest BCUT2D eigenvalue weighted by Crippen LogP contribution is 2.38. The van der Waals surface area contributed by atoms with E-state index in [0.29, 0.717) is 55.8 Å². The summed E-state index contributed by atoms with van der Waals surface area (Å²) in [5.74, 6) is -1.58. The van der Waals surface area contributed by atoms with Crippen LogP contribution >= 0.6 is 0 Å². The number of esters is 1. The zero-order chi connectivity index (χ0) is 35.4. The van der Waals surface area contributed by atoms with E-state index in [2.05, 4.69) is 5.32 Å². The molecule has 2 aromatic rings. The largest absolute Gasteiger partial charge is 0.466 e. The van der Waals surface area contributed by atoms with E-state index in [9.17, 15) is 45.1 Å². The number of piperidine rings is 1. The Balaban J connectivity index is 1.47. The fourth-order valence-corrected chi connectivity index (χ4v) is 6.19. The fraction of sp³-hybridized carbons (Fsp3) is 0.545. The highest BCUT2D eigenvalue weighted by atomic mass is 19.4. The number of rotatable bonds is 7. The number of carbonyl (C=O) groups excluding carboxylic acids is 3. The van der Waals surface area contributed by atoms with Crippen LogP contribution in [0.1, 0.15) is 72.9 Å². The van der Waals surface area contributed by atoms with Gasteiger partial charge in [0.1, 0.15) is 5.82 Å². The number of amides is 4. The van der Waals surface area contributed by atoms with Crippen LogP contribution < -0.4 is 5.32 Å². The minimum Gasteiger partial charge on any atom is -0.466 e. The lowest BCUT2D eigenvalue weighted by molar-refractivity contribution is -0.145. The minimum absolute atomic E-state index is 0.0525. The van der Waals surface area contributed by atoms with Gasteiger partial charge in [-0.2, -0.15) is 26.3 Å². The minimum atomic E-state index is -5.01. The number of aryl methyl sites for hydroxylation is 1. The molecular formula is C33H39F7N4O4. The normalized spacial score (nSPS) is 18.5. The molecule has 0 radical (unpaired) electrons. The number of carbonyl (C=O) groups is 3. The van der Waals surface area contributed by atoms with Crippen molar-refractivity contribution in [3.8, 4) is 0 Å². The third-order valence-electron chi connectivity index (χ3n) is 8.89. The van der Waals surface area contributed by atoms with Crippen LogP contribution in [0.25, 0.3) is 0 Å². The van der Waals surface area contributed by atoms with Crippen molar-refractivity contribution in [1.82, 2.24) is 20.0 Å². The van der Waals surface area contributed by atoms with E-state index in [4.69, 9.17) is 4.74 Å². The van der Waals surface area contributed by atoms with Crippen molar-refractivity contribution in [2.75, 3.05) is 45.9 Å². The molecule has 4 rings (SSSR count). The van der Waals surface area contributed by atoms with Gasteiger partial charge in [0.05, 0.1) is 23.8 Å². The highest BCUT2D eigenvalue weighted by molar-refractivity contribution is 5.77. The first-order valence-electron chi connectivity index (χ1n) is 15.8. The van der Waals surface area contributed by atoms with Gasteiger partial charge in [-0.1, -0.05) is 13.0 Å². The molecule has 8 nitrogen and oxygen atoms in total. The van der Waals surface area contributed by atoms with Gasteiger partial charge in [0.15, 0.2) is 0 Å². The molecule has 0 aliphatic carbocycles. The molecule has 2 aromatic carbocycles. The average Bonchev–Trinajstić information content (AvgIpc) is 3.02.